The number of amides is 2. The molecule has 5 rings (SSSR count). The number of hydrogen-bond acceptors (Lipinski definition) is 7. The van der Waals surface area contributed by atoms with Crippen LogP contribution in [-0.2, 0) is 26.0 Å². The summed E-state index contributed by atoms with van der Waals surface area (Å²) in [4.78, 5) is 38.4. The molecule has 10 heteroatoms. The van der Waals surface area contributed by atoms with Crippen LogP contribution in [0.4, 0.5) is 11.6 Å². The first-order valence-electron chi connectivity index (χ1n) is 12.2. The first-order valence-corrected chi connectivity index (χ1v) is 14.1. The summed E-state index contributed by atoms with van der Waals surface area (Å²) < 4.78 is 23.9. The van der Waals surface area contributed by atoms with Crippen LogP contribution in [0.25, 0.3) is 0 Å². The van der Waals surface area contributed by atoms with Gasteiger partial charge in [0.05, 0.1) is 29.0 Å². The molecule has 2 amide bonds. The molecule has 1 unspecified atom stereocenters. The van der Waals surface area contributed by atoms with Crippen LogP contribution >= 0.6 is 0 Å². The van der Waals surface area contributed by atoms with E-state index in [1.54, 1.807) is 18.5 Å². The number of carbonyl (C=O) groups is 2. The van der Waals surface area contributed by atoms with Gasteiger partial charge >= 0.3 is 0 Å². The molecule has 3 heterocycles. The van der Waals surface area contributed by atoms with Crippen LogP contribution < -0.4 is 10.2 Å². The molecule has 2 aliphatic rings. The number of sulfone groups is 1. The van der Waals surface area contributed by atoms with E-state index in [2.05, 4.69) is 51.4 Å². The van der Waals surface area contributed by atoms with E-state index in [0.29, 0.717) is 22.8 Å². The maximum Gasteiger partial charge on any atom is 0.251 e. The van der Waals surface area contributed by atoms with Gasteiger partial charge in [-0.15, -0.1) is 0 Å². The molecule has 1 N–H and O–H groups in total. The largest absolute Gasteiger partial charge is 0.334 e. The minimum absolute atomic E-state index is 0.158. The van der Waals surface area contributed by atoms with Gasteiger partial charge in [-0.25, -0.2) is 18.4 Å². The smallest absolute Gasteiger partial charge is 0.251 e. The predicted molar refractivity (Wildman–Crippen MR) is 140 cm³/mol. The van der Waals surface area contributed by atoms with Crippen molar-refractivity contribution in [2.45, 2.75) is 50.2 Å². The fourth-order valence-corrected chi connectivity index (χ4v) is 5.88. The molecular weight excluding hydrogens is 490 g/mol. The van der Waals surface area contributed by atoms with E-state index >= 15 is 0 Å². The van der Waals surface area contributed by atoms with E-state index in [1.807, 2.05) is 0 Å². The van der Waals surface area contributed by atoms with Crippen LogP contribution in [0, 0.1) is 6.92 Å². The number of rotatable bonds is 5. The number of aromatic nitrogens is 2. The lowest BCUT2D eigenvalue weighted by atomic mass is 10.0. The van der Waals surface area contributed by atoms with Crippen molar-refractivity contribution in [2.24, 2.45) is 0 Å². The Bertz CT molecular complexity index is 1470. The molecule has 0 spiro atoms. The summed E-state index contributed by atoms with van der Waals surface area (Å²) in [5.74, 6) is -0.0804. The number of nitrogens with one attached hydrogen (secondary N) is 1. The van der Waals surface area contributed by atoms with Gasteiger partial charge in [0.2, 0.25) is 11.9 Å². The Morgan fingerprint density at radius 1 is 1.08 bits per heavy atom. The van der Waals surface area contributed by atoms with Gasteiger partial charge in [0, 0.05) is 26.3 Å². The van der Waals surface area contributed by atoms with Gasteiger partial charge < -0.3 is 15.1 Å². The van der Waals surface area contributed by atoms with E-state index in [9.17, 15) is 18.0 Å². The highest BCUT2D eigenvalue weighted by Crippen LogP contribution is 2.37. The highest BCUT2D eigenvalue weighted by atomic mass is 32.2. The molecule has 0 aliphatic carbocycles. The molecule has 1 saturated heterocycles. The normalized spacial score (nSPS) is 19.1. The molecule has 37 heavy (non-hydrogen) atoms. The Morgan fingerprint density at radius 2 is 1.84 bits per heavy atom. The fraction of sp³-hybridized carbons (Fsp3) is 0.333. The Kier molecular flexibility index (Phi) is 6.45. The minimum atomic E-state index is -3.41. The zero-order valence-electron chi connectivity index (χ0n) is 21.0. The number of anilines is 2. The van der Waals surface area contributed by atoms with Crippen molar-refractivity contribution >= 4 is 33.3 Å². The fourth-order valence-electron chi connectivity index (χ4n) is 5.21. The molecule has 0 saturated carbocycles. The lowest BCUT2D eigenvalue weighted by molar-refractivity contribution is -0.136. The molecule has 1 fully saturated rings. The summed E-state index contributed by atoms with van der Waals surface area (Å²) in [6, 6.07) is 12.4. The third kappa shape index (κ3) is 4.93. The maximum atomic E-state index is 13.3. The molecule has 2 aromatic carbocycles. The highest BCUT2D eigenvalue weighted by Gasteiger charge is 2.38. The highest BCUT2D eigenvalue weighted by molar-refractivity contribution is 7.90. The SMILES string of the molecule is CC(=O)N1Cc2cc(S(C)(=O)=O)ccc2[C@@H]1C(=O)Nc1cnc(N2CCCC2c2cccc(C)c2)nc1. The average molecular weight is 520 g/mol. The summed E-state index contributed by atoms with van der Waals surface area (Å²) >= 11 is 0. The standard InChI is InChI=1S/C27H29N5O4S/c1-17-6-4-7-19(12-17)24-8-5-11-31(24)27-28-14-21(15-29-27)30-26(34)25-23-10-9-22(37(3,35)36)13-20(23)16-32(25)18(2)33/h4,6-7,9-10,12-15,24-25H,5,8,11,16H2,1-3H3,(H,30,34)/t24?,25-/m1/s1. The van der Waals surface area contributed by atoms with Gasteiger partial charge in [0.15, 0.2) is 9.84 Å². The topological polar surface area (TPSA) is 113 Å². The minimum Gasteiger partial charge on any atom is -0.334 e. The van der Waals surface area contributed by atoms with Crippen molar-refractivity contribution in [3.05, 3.63) is 77.1 Å². The van der Waals surface area contributed by atoms with Gasteiger partial charge in [0.1, 0.15) is 6.04 Å². The Hall–Kier alpha value is -3.79. The van der Waals surface area contributed by atoms with Gasteiger partial charge in [-0.2, -0.15) is 0 Å². The number of aryl methyl sites for hydroxylation is 1. The molecular formula is C27H29N5O4S. The molecule has 3 aromatic rings. The van der Waals surface area contributed by atoms with Gasteiger partial charge in [-0.3, -0.25) is 9.59 Å². The molecule has 2 aliphatic heterocycles. The van der Waals surface area contributed by atoms with E-state index in [0.717, 1.165) is 25.6 Å². The third-order valence-electron chi connectivity index (χ3n) is 6.98. The van der Waals surface area contributed by atoms with Crippen LogP contribution in [-0.4, -0.2) is 47.9 Å². The number of benzene rings is 2. The van der Waals surface area contributed by atoms with Gasteiger partial charge in [-0.05, 0) is 48.6 Å². The Morgan fingerprint density at radius 3 is 2.51 bits per heavy atom. The number of hydrogen-bond donors (Lipinski definition) is 1. The van der Waals surface area contributed by atoms with Crippen LogP contribution in [0.2, 0.25) is 0 Å². The quantitative estimate of drug-likeness (QED) is 0.548. The summed E-state index contributed by atoms with van der Waals surface area (Å²) in [6.07, 6.45) is 6.35. The predicted octanol–water partition coefficient (Wildman–Crippen LogP) is 3.57. The monoisotopic (exact) mass is 519 g/mol. The zero-order valence-corrected chi connectivity index (χ0v) is 21.8. The summed E-state index contributed by atoms with van der Waals surface area (Å²) in [7, 11) is -3.41. The lowest BCUT2D eigenvalue weighted by Gasteiger charge is -2.25. The average Bonchev–Trinajstić information content (AvgIpc) is 3.49. The van der Waals surface area contributed by atoms with Crippen molar-refractivity contribution < 1.29 is 18.0 Å². The van der Waals surface area contributed by atoms with Crippen LogP contribution in [0.1, 0.15) is 54.1 Å². The molecule has 1 aromatic heterocycles. The molecule has 2 atom stereocenters. The maximum absolute atomic E-state index is 13.3. The van der Waals surface area contributed by atoms with E-state index in [-0.39, 0.29) is 23.4 Å². The summed E-state index contributed by atoms with van der Waals surface area (Å²) in [5, 5.41) is 2.83. The number of fused-ring (bicyclic) bond motifs is 1. The van der Waals surface area contributed by atoms with E-state index in [1.165, 1.54) is 35.1 Å². The second-order valence-electron chi connectivity index (χ2n) is 9.71. The summed E-state index contributed by atoms with van der Waals surface area (Å²) in [5.41, 5.74) is 4.12. The van der Waals surface area contributed by atoms with Crippen LogP contribution in [0.5, 0.6) is 0 Å². The molecule has 0 bridgehead atoms. The lowest BCUT2D eigenvalue weighted by Crippen LogP contribution is -2.35. The van der Waals surface area contributed by atoms with Crippen molar-refractivity contribution in [2.75, 3.05) is 23.0 Å². The van der Waals surface area contributed by atoms with Gasteiger partial charge in [-0.1, -0.05) is 35.9 Å². The van der Waals surface area contributed by atoms with Crippen molar-refractivity contribution in [3.63, 3.8) is 0 Å². The molecule has 192 valence electrons. The number of nitrogens with zero attached hydrogens (tertiary/aromatic N) is 4. The Labute approximate surface area is 216 Å². The van der Waals surface area contributed by atoms with Crippen molar-refractivity contribution in [1.82, 2.24) is 14.9 Å². The Balaban J connectivity index is 1.35. The first kappa shape index (κ1) is 24.9. The van der Waals surface area contributed by atoms with E-state index < -0.39 is 21.8 Å². The van der Waals surface area contributed by atoms with Gasteiger partial charge in [0.25, 0.3) is 5.91 Å². The van der Waals surface area contributed by atoms with Crippen molar-refractivity contribution in [3.8, 4) is 0 Å². The number of carbonyl (C=O) groups excluding carboxylic acids is 2. The summed E-state index contributed by atoms with van der Waals surface area (Å²) in [6.45, 7) is 4.49. The molecule has 9 nitrogen and oxygen atoms in total. The second kappa shape index (κ2) is 9.59. The first-order chi connectivity index (χ1) is 17.6. The van der Waals surface area contributed by atoms with Crippen LogP contribution in [0.15, 0.2) is 59.8 Å². The third-order valence-corrected chi connectivity index (χ3v) is 8.09. The zero-order chi connectivity index (χ0) is 26.3. The second-order valence-corrected chi connectivity index (χ2v) is 11.7. The molecule has 0 radical (unpaired) electrons. The van der Waals surface area contributed by atoms with Crippen molar-refractivity contribution in [1.29, 1.82) is 0 Å². The van der Waals surface area contributed by atoms with E-state index in [4.69, 9.17) is 0 Å². The van der Waals surface area contributed by atoms with Crippen LogP contribution in [0.3, 0.4) is 0 Å².